The van der Waals surface area contributed by atoms with E-state index in [2.05, 4.69) is 16.9 Å². The fourth-order valence-electron chi connectivity index (χ4n) is 6.50. The van der Waals surface area contributed by atoms with Crippen molar-refractivity contribution in [3.8, 4) is 11.5 Å². The molecule has 2 unspecified atom stereocenters. The van der Waals surface area contributed by atoms with Crippen LogP contribution in [0.3, 0.4) is 0 Å². The number of aliphatic hydroxyl groups is 1. The quantitative estimate of drug-likeness (QED) is 0.125. The number of H-pyrrole nitrogens is 1. The summed E-state index contributed by atoms with van der Waals surface area (Å²) in [6, 6.07) is 9.52. The molecular weight excluding hydrogens is 530 g/mol. The van der Waals surface area contributed by atoms with E-state index >= 15 is 0 Å². The first-order chi connectivity index (χ1) is 20.3. The number of aromatic nitrogens is 2. The van der Waals surface area contributed by atoms with Crippen molar-refractivity contribution < 1.29 is 24.5 Å². The van der Waals surface area contributed by atoms with E-state index in [1.54, 1.807) is 12.3 Å². The molecule has 0 spiro atoms. The SMILES string of the molecule is CCCCCCCC(=O)CC(=O)CCc1cc(OC)c(O)c(C2c3ccnc(N)c3CCC2(CO)Cc2ccc[nH]2)c1. The molecule has 2 heterocycles. The van der Waals surface area contributed by atoms with Crippen LogP contribution >= 0.6 is 0 Å². The third-order valence-corrected chi connectivity index (χ3v) is 8.78. The maximum atomic E-state index is 12.7. The fourth-order valence-corrected chi connectivity index (χ4v) is 6.50. The van der Waals surface area contributed by atoms with Gasteiger partial charge in [-0.05, 0) is 73.1 Å². The second-order valence-corrected chi connectivity index (χ2v) is 11.7. The number of methoxy groups -OCH3 is 1. The zero-order valence-corrected chi connectivity index (χ0v) is 25.0. The number of nitrogens with one attached hydrogen (secondary N) is 1. The van der Waals surface area contributed by atoms with Gasteiger partial charge in [-0.15, -0.1) is 0 Å². The molecule has 0 saturated carbocycles. The van der Waals surface area contributed by atoms with Crippen LogP contribution in [0.2, 0.25) is 0 Å². The van der Waals surface area contributed by atoms with E-state index in [1.807, 2.05) is 30.5 Å². The second-order valence-electron chi connectivity index (χ2n) is 11.7. The number of benzene rings is 1. The van der Waals surface area contributed by atoms with Crippen molar-refractivity contribution in [2.75, 3.05) is 19.5 Å². The number of carbonyl (C=O) groups excluding carboxylic acids is 2. The number of fused-ring (bicyclic) bond motifs is 1. The topological polar surface area (TPSA) is 139 Å². The Labute approximate surface area is 248 Å². The first-order valence-corrected chi connectivity index (χ1v) is 15.2. The minimum Gasteiger partial charge on any atom is -0.504 e. The second kappa shape index (κ2) is 14.5. The number of Topliss-reactive ketones (excluding diaryl/α,β-unsaturated/α-hetero) is 2. The molecular formula is C34H45N3O5. The van der Waals surface area contributed by atoms with Crippen molar-refractivity contribution in [3.63, 3.8) is 0 Å². The molecule has 1 aromatic carbocycles. The third kappa shape index (κ3) is 7.21. The van der Waals surface area contributed by atoms with E-state index < -0.39 is 11.3 Å². The lowest BCUT2D eigenvalue weighted by molar-refractivity contribution is -0.127. The molecule has 1 aliphatic rings. The largest absolute Gasteiger partial charge is 0.504 e. The number of aryl methyl sites for hydroxylation is 1. The first kappa shape index (κ1) is 31.3. The number of unbranched alkanes of at least 4 members (excludes halogenated alkanes) is 4. The number of anilines is 1. The number of pyridine rings is 1. The maximum Gasteiger partial charge on any atom is 0.161 e. The van der Waals surface area contributed by atoms with Crippen LogP contribution in [0.5, 0.6) is 11.5 Å². The van der Waals surface area contributed by atoms with Crippen LogP contribution in [0.1, 0.15) is 98.6 Å². The van der Waals surface area contributed by atoms with Crippen LogP contribution in [0.25, 0.3) is 0 Å². The molecule has 2 aromatic heterocycles. The smallest absolute Gasteiger partial charge is 0.161 e. The van der Waals surface area contributed by atoms with Crippen LogP contribution in [-0.4, -0.2) is 45.5 Å². The molecule has 42 heavy (non-hydrogen) atoms. The van der Waals surface area contributed by atoms with Crippen molar-refractivity contribution in [3.05, 3.63) is 70.7 Å². The van der Waals surface area contributed by atoms with Gasteiger partial charge in [-0.1, -0.05) is 38.7 Å². The Hall–Kier alpha value is -3.65. The molecule has 5 N–H and O–H groups in total. The van der Waals surface area contributed by atoms with Gasteiger partial charge in [-0.2, -0.15) is 0 Å². The third-order valence-electron chi connectivity index (χ3n) is 8.78. The lowest BCUT2D eigenvalue weighted by Gasteiger charge is -2.45. The molecule has 0 fully saturated rings. The lowest BCUT2D eigenvalue weighted by atomic mass is 9.60. The maximum absolute atomic E-state index is 12.7. The number of hydrogen-bond acceptors (Lipinski definition) is 7. The standard InChI is InChI=1S/C34H45N3O5/c1-3-4-5-6-7-10-25(39)20-26(40)12-11-23-18-29(32(41)30(19-23)42-2)31-27-14-17-37-33(35)28(27)13-15-34(31,22-38)21-24-9-8-16-36-24/h8-9,14,16-19,31,36,38,41H,3-7,10-13,15,20-22H2,1-2H3,(H2,35,37). The van der Waals surface area contributed by atoms with Gasteiger partial charge in [0, 0.05) is 54.4 Å². The predicted octanol–water partition coefficient (Wildman–Crippen LogP) is 5.83. The van der Waals surface area contributed by atoms with Crippen molar-refractivity contribution in [2.45, 2.75) is 89.9 Å². The number of nitrogens with two attached hydrogens (primary N) is 1. The molecule has 0 aliphatic heterocycles. The zero-order chi connectivity index (χ0) is 30.1. The highest BCUT2D eigenvalue weighted by Gasteiger charge is 2.46. The molecule has 1 aliphatic carbocycles. The minimum atomic E-state index is -0.633. The number of phenols is 1. The highest BCUT2D eigenvalue weighted by atomic mass is 16.5. The van der Waals surface area contributed by atoms with Gasteiger partial charge in [0.1, 0.15) is 17.4 Å². The Morgan fingerprint density at radius 1 is 1.12 bits per heavy atom. The molecule has 3 aromatic rings. The monoisotopic (exact) mass is 575 g/mol. The van der Waals surface area contributed by atoms with E-state index in [9.17, 15) is 19.8 Å². The predicted molar refractivity (Wildman–Crippen MR) is 164 cm³/mol. The summed E-state index contributed by atoms with van der Waals surface area (Å²) in [5.41, 5.74) is 9.95. The van der Waals surface area contributed by atoms with Gasteiger partial charge in [0.25, 0.3) is 0 Å². The number of carbonyl (C=O) groups is 2. The van der Waals surface area contributed by atoms with E-state index in [1.165, 1.54) is 13.5 Å². The summed E-state index contributed by atoms with van der Waals surface area (Å²) in [4.78, 5) is 32.7. The van der Waals surface area contributed by atoms with E-state index in [-0.39, 0.29) is 36.8 Å². The summed E-state index contributed by atoms with van der Waals surface area (Å²) < 4.78 is 5.59. The highest BCUT2D eigenvalue weighted by molar-refractivity contribution is 5.99. The number of ketones is 2. The first-order valence-electron chi connectivity index (χ1n) is 15.2. The number of phenolic OH excluding ortho intramolecular Hbond substituents is 1. The number of aromatic amines is 1. The van der Waals surface area contributed by atoms with Gasteiger partial charge in [-0.25, -0.2) is 4.98 Å². The van der Waals surface area contributed by atoms with Gasteiger partial charge in [-0.3, -0.25) is 9.59 Å². The Kier molecular flexibility index (Phi) is 10.8. The molecule has 0 saturated heterocycles. The number of aliphatic hydroxyl groups excluding tert-OH is 1. The molecule has 8 nitrogen and oxygen atoms in total. The average Bonchev–Trinajstić information content (AvgIpc) is 3.49. The Bertz CT molecular complexity index is 1350. The van der Waals surface area contributed by atoms with Crippen molar-refractivity contribution in [1.82, 2.24) is 9.97 Å². The molecule has 4 rings (SSSR count). The Morgan fingerprint density at radius 2 is 1.90 bits per heavy atom. The van der Waals surface area contributed by atoms with Gasteiger partial charge in [0.2, 0.25) is 0 Å². The number of ether oxygens (including phenoxy) is 1. The number of rotatable bonds is 16. The summed E-state index contributed by atoms with van der Waals surface area (Å²) in [6.07, 6.45) is 11.8. The Balaban J connectivity index is 1.61. The fraction of sp³-hybridized carbons (Fsp3) is 0.500. The number of hydrogen-bond donors (Lipinski definition) is 4. The van der Waals surface area contributed by atoms with E-state index in [0.29, 0.717) is 49.2 Å². The lowest BCUT2D eigenvalue weighted by Crippen LogP contribution is -2.40. The number of aromatic hydroxyl groups is 1. The van der Waals surface area contributed by atoms with E-state index in [4.69, 9.17) is 10.5 Å². The van der Waals surface area contributed by atoms with Gasteiger partial charge < -0.3 is 25.7 Å². The molecule has 0 amide bonds. The Morgan fingerprint density at radius 3 is 2.62 bits per heavy atom. The average molecular weight is 576 g/mol. The summed E-state index contributed by atoms with van der Waals surface area (Å²) in [5, 5.41) is 22.4. The van der Waals surface area contributed by atoms with Crippen LogP contribution < -0.4 is 10.5 Å². The van der Waals surface area contributed by atoms with E-state index in [0.717, 1.165) is 48.1 Å². The summed E-state index contributed by atoms with van der Waals surface area (Å²) >= 11 is 0. The number of nitrogens with zero attached hydrogens (tertiary/aromatic N) is 1. The minimum absolute atomic E-state index is 0.00234. The molecule has 0 bridgehead atoms. The van der Waals surface area contributed by atoms with Crippen LogP contribution in [0.4, 0.5) is 5.82 Å². The van der Waals surface area contributed by atoms with Crippen LogP contribution in [0, 0.1) is 5.41 Å². The number of nitrogen functional groups attached to an aromatic ring is 1. The van der Waals surface area contributed by atoms with Gasteiger partial charge in [0.15, 0.2) is 11.5 Å². The summed E-state index contributed by atoms with van der Waals surface area (Å²) in [5.74, 6) is 0.274. The summed E-state index contributed by atoms with van der Waals surface area (Å²) in [7, 11) is 1.50. The van der Waals surface area contributed by atoms with Crippen molar-refractivity contribution in [2.24, 2.45) is 5.41 Å². The zero-order valence-electron chi connectivity index (χ0n) is 25.0. The van der Waals surface area contributed by atoms with Crippen LogP contribution in [-0.2, 0) is 28.9 Å². The van der Waals surface area contributed by atoms with Crippen molar-refractivity contribution in [1.29, 1.82) is 0 Å². The van der Waals surface area contributed by atoms with Gasteiger partial charge in [0.05, 0.1) is 13.5 Å². The van der Waals surface area contributed by atoms with Crippen LogP contribution in [0.15, 0.2) is 42.7 Å². The summed E-state index contributed by atoms with van der Waals surface area (Å²) in [6.45, 7) is 2.05. The molecule has 226 valence electrons. The normalized spacial score (nSPS) is 18.0. The highest BCUT2D eigenvalue weighted by Crippen LogP contribution is 2.54. The molecule has 0 radical (unpaired) electrons. The molecule has 8 heteroatoms. The molecule has 2 atom stereocenters. The van der Waals surface area contributed by atoms with Crippen molar-refractivity contribution >= 4 is 17.4 Å². The van der Waals surface area contributed by atoms with Gasteiger partial charge >= 0.3 is 0 Å².